The quantitative estimate of drug-likeness (QED) is 0.861. The van der Waals surface area contributed by atoms with Crippen molar-refractivity contribution in [2.45, 2.75) is 25.8 Å². The minimum atomic E-state index is -0.188. The van der Waals surface area contributed by atoms with E-state index in [2.05, 4.69) is 29.6 Å². The normalized spacial score (nSPS) is 13.6. The number of carbonyl (C=O) groups excluding carboxylic acids is 1. The molecule has 3 nitrogen and oxygen atoms in total. The summed E-state index contributed by atoms with van der Waals surface area (Å²) in [7, 11) is 0. The lowest BCUT2D eigenvalue weighted by Crippen LogP contribution is -2.40. The average Bonchev–Trinajstić information content (AvgIpc) is 2.56. The van der Waals surface area contributed by atoms with E-state index in [1.54, 1.807) is 0 Å². The molecule has 0 aliphatic heterocycles. The molecule has 3 N–H and O–H groups in total. The molecule has 0 radical (unpaired) electrons. The third-order valence-corrected chi connectivity index (χ3v) is 4.09. The summed E-state index contributed by atoms with van der Waals surface area (Å²) in [5, 5.41) is 3.04. The Morgan fingerprint density at radius 3 is 1.82 bits per heavy atom. The van der Waals surface area contributed by atoms with Crippen LogP contribution in [0, 0.1) is 5.92 Å². The van der Waals surface area contributed by atoms with Gasteiger partial charge in [-0.05, 0) is 18.1 Å². The van der Waals surface area contributed by atoms with Crippen molar-refractivity contribution in [2.75, 3.05) is 6.54 Å². The van der Waals surface area contributed by atoms with Crippen LogP contribution in [0.3, 0.4) is 0 Å². The number of carbonyl (C=O) groups is 1. The van der Waals surface area contributed by atoms with Crippen LogP contribution in [0.1, 0.15) is 30.9 Å². The molecule has 22 heavy (non-hydrogen) atoms. The zero-order valence-corrected chi connectivity index (χ0v) is 13.2. The van der Waals surface area contributed by atoms with E-state index in [1.165, 1.54) is 11.1 Å². The van der Waals surface area contributed by atoms with E-state index in [-0.39, 0.29) is 23.8 Å². The molecule has 2 aromatic rings. The summed E-state index contributed by atoms with van der Waals surface area (Å²) >= 11 is 0. The molecule has 1 amide bonds. The number of amides is 1. The Hall–Kier alpha value is -2.13. The zero-order valence-electron chi connectivity index (χ0n) is 13.2. The monoisotopic (exact) mass is 296 g/mol. The van der Waals surface area contributed by atoms with Gasteiger partial charge in [0.1, 0.15) is 0 Å². The Morgan fingerprint density at radius 1 is 0.955 bits per heavy atom. The van der Waals surface area contributed by atoms with E-state index in [0.717, 1.165) is 0 Å². The minimum absolute atomic E-state index is 0.00635. The first kappa shape index (κ1) is 16.2. The van der Waals surface area contributed by atoms with Crippen molar-refractivity contribution in [2.24, 2.45) is 11.7 Å². The third kappa shape index (κ3) is 4.18. The molecule has 0 aromatic heterocycles. The highest BCUT2D eigenvalue weighted by Gasteiger charge is 2.19. The highest BCUT2D eigenvalue weighted by Crippen LogP contribution is 2.23. The lowest BCUT2D eigenvalue weighted by molar-refractivity contribution is -0.124. The summed E-state index contributed by atoms with van der Waals surface area (Å²) in [4.78, 5) is 12.2. The second-order valence-corrected chi connectivity index (χ2v) is 5.77. The number of hydrogen-bond acceptors (Lipinski definition) is 2. The van der Waals surface area contributed by atoms with E-state index in [0.29, 0.717) is 6.54 Å². The fourth-order valence-electron chi connectivity index (χ4n) is 2.40. The van der Waals surface area contributed by atoms with Gasteiger partial charge < -0.3 is 11.1 Å². The van der Waals surface area contributed by atoms with E-state index in [9.17, 15) is 4.79 Å². The standard InChI is InChI=1S/C19H24N2O/c1-14(15(2)20)19(22)21-13-18(16-9-5-3-6-10-16)17-11-7-4-8-12-17/h3-12,14-15,18H,13,20H2,1-2H3,(H,21,22). The molecule has 3 heteroatoms. The maximum Gasteiger partial charge on any atom is 0.224 e. The van der Waals surface area contributed by atoms with Gasteiger partial charge >= 0.3 is 0 Å². The maximum absolute atomic E-state index is 12.2. The second kappa shape index (κ2) is 7.76. The van der Waals surface area contributed by atoms with Crippen molar-refractivity contribution in [1.82, 2.24) is 5.32 Å². The lowest BCUT2D eigenvalue weighted by atomic mass is 9.91. The molecular formula is C19H24N2O. The molecule has 0 aliphatic carbocycles. The van der Waals surface area contributed by atoms with Gasteiger partial charge in [-0.15, -0.1) is 0 Å². The Kier molecular flexibility index (Phi) is 5.73. The van der Waals surface area contributed by atoms with Crippen molar-refractivity contribution < 1.29 is 4.79 Å². The molecule has 2 unspecified atom stereocenters. The van der Waals surface area contributed by atoms with Crippen LogP contribution >= 0.6 is 0 Å². The topological polar surface area (TPSA) is 55.1 Å². The average molecular weight is 296 g/mol. The maximum atomic E-state index is 12.2. The Morgan fingerprint density at radius 2 is 1.41 bits per heavy atom. The van der Waals surface area contributed by atoms with Crippen LogP contribution in [0.4, 0.5) is 0 Å². The van der Waals surface area contributed by atoms with Gasteiger partial charge in [0.25, 0.3) is 0 Å². The fraction of sp³-hybridized carbons (Fsp3) is 0.316. The SMILES string of the molecule is CC(N)C(C)C(=O)NCC(c1ccccc1)c1ccccc1. The molecule has 116 valence electrons. The molecule has 0 fully saturated rings. The van der Waals surface area contributed by atoms with Gasteiger partial charge in [-0.3, -0.25) is 4.79 Å². The van der Waals surface area contributed by atoms with Crippen LogP contribution < -0.4 is 11.1 Å². The Bertz CT molecular complexity index is 541. The third-order valence-electron chi connectivity index (χ3n) is 4.09. The highest BCUT2D eigenvalue weighted by molar-refractivity contribution is 5.79. The van der Waals surface area contributed by atoms with Crippen LogP contribution in [0.5, 0.6) is 0 Å². The molecule has 2 rings (SSSR count). The number of rotatable bonds is 6. The van der Waals surface area contributed by atoms with Crippen molar-refractivity contribution in [3.8, 4) is 0 Å². The molecule has 0 heterocycles. The van der Waals surface area contributed by atoms with Gasteiger partial charge in [-0.1, -0.05) is 67.6 Å². The molecule has 0 spiro atoms. The lowest BCUT2D eigenvalue weighted by Gasteiger charge is -2.21. The summed E-state index contributed by atoms with van der Waals surface area (Å²) in [6.07, 6.45) is 0. The van der Waals surface area contributed by atoms with Crippen molar-refractivity contribution >= 4 is 5.91 Å². The highest BCUT2D eigenvalue weighted by atomic mass is 16.1. The predicted octanol–water partition coefficient (Wildman–Crippen LogP) is 2.92. The van der Waals surface area contributed by atoms with Crippen molar-refractivity contribution in [3.05, 3.63) is 71.8 Å². The van der Waals surface area contributed by atoms with Crippen LogP contribution in [0.15, 0.2) is 60.7 Å². The van der Waals surface area contributed by atoms with E-state index >= 15 is 0 Å². The summed E-state index contributed by atoms with van der Waals surface area (Å²) < 4.78 is 0. The summed E-state index contributed by atoms with van der Waals surface area (Å²) in [5.74, 6) is -0.0364. The van der Waals surface area contributed by atoms with E-state index in [1.807, 2.05) is 50.2 Å². The first-order valence-electron chi connectivity index (χ1n) is 7.72. The van der Waals surface area contributed by atoms with Gasteiger partial charge in [-0.2, -0.15) is 0 Å². The molecule has 0 saturated carbocycles. The summed E-state index contributed by atoms with van der Waals surface area (Å²) in [6.45, 7) is 4.29. The zero-order chi connectivity index (χ0) is 15.9. The van der Waals surface area contributed by atoms with Crippen molar-refractivity contribution in [3.63, 3.8) is 0 Å². The van der Waals surface area contributed by atoms with Gasteiger partial charge in [0.05, 0.1) is 0 Å². The molecule has 0 bridgehead atoms. The number of nitrogens with one attached hydrogen (secondary N) is 1. The molecule has 2 atom stereocenters. The summed E-state index contributed by atoms with van der Waals surface area (Å²) in [5.41, 5.74) is 8.20. The number of benzene rings is 2. The number of hydrogen-bond donors (Lipinski definition) is 2. The second-order valence-electron chi connectivity index (χ2n) is 5.77. The smallest absolute Gasteiger partial charge is 0.224 e. The van der Waals surface area contributed by atoms with Gasteiger partial charge in [-0.25, -0.2) is 0 Å². The van der Waals surface area contributed by atoms with Crippen molar-refractivity contribution in [1.29, 1.82) is 0 Å². The van der Waals surface area contributed by atoms with Gasteiger partial charge in [0.2, 0.25) is 5.91 Å². The largest absolute Gasteiger partial charge is 0.355 e. The molecular weight excluding hydrogens is 272 g/mol. The van der Waals surface area contributed by atoms with Crippen LogP contribution in [0.2, 0.25) is 0 Å². The molecule has 2 aromatic carbocycles. The van der Waals surface area contributed by atoms with E-state index < -0.39 is 0 Å². The fourth-order valence-corrected chi connectivity index (χ4v) is 2.40. The van der Waals surface area contributed by atoms with Crippen LogP contribution in [-0.4, -0.2) is 18.5 Å². The van der Waals surface area contributed by atoms with E-state index in [4.69, 9.17) is 5.73 Å². The predicted molar refractivity (Wildman–Crippen MR) is 90.6 cm³/mol. The van der Waals surface area contributed by atoms with Crippen LogP contribution in [0.25, 0.3) is 0 Å². The Balaban J connectivity index is 2.15. The molecule has 0 saturated heterocycles. The minimum Gasteiger partial charge on any atom is -0.355 e. The first-order chi connectivity index (χ1) is 10.6. The van der Waals surface area contributed by atoms with Gasteiger partial charge in [0, 0.05) is 24.4 Å². The van der Waals surface area contributed by atoms with Gasteiger partial charge in [0.15, 0.2) is 0 Å². The molecule has 0 aliphatic rings. The first-order valence-corrected chi connectivity index (χ1v) is 7.72. The summed E-state index contributed by atoms with van der Waals surface area (Å²) in [6, 6.07) is 20.3. The Labute approximate surface area is 132 Å². The van der Waals surface area contributed by atoms with Crippen LogP contribution in [-0.2, 0) is 4.79 Å². The number of nitrogens with two attached hydrogens (primary N) is 1.